The first kappa shape index (κ1) is 19.2. The van der Waals surface area contributed by atoms with Crippen molar-refractivity contribution in [2.24, 2.45) is 11.7 Å². The maximum Gasteiger partial charge on any atom is 0.404 e. The summed E-state index contributed by atoms with van der Waals surface area (Å²) in [6.45, 7) is 2.12. The fourth-order valence-corrected chi connectivity index (χ4v) is 2.14. The average molecular weight is 297 g/mol. The Bertz CT molecular complexity index is 270. The number of unbranched alkanes of at least 4 members (excludes halogenated alkanes) is 6. The number of esters is 1. The Balaban J connectivity index is 4.10. The highest BCUT2D eigenvalue weighted by Crippen LogP contribution is 2.28. The van der Waals surface area contributed by atoms with Crippen molar-refractivity contribution in [1.82, 2.24) is 0 Å². The van der Waals surface area contributed by atoms with E-state index >= 15 is 0 Å². The third kappa shape index (κ3) is 7.72. The molecule has 0 fully saturated rings. The molecule has 0 spiro atoms. The molecule has 0 aliphatic heterocycles. The molecule has 0 amide bonds. The molecular formula is C14H26F3NO2. The summed E-state index contributed by atoms with van der Waals surface area (Å²) in [7, 11) is 1.09. The Morgan fingerprint density at radius 3 is 2.05 bits per heavy atom. The highest BCUT2D eigenvalue weighted by molar-refractivity contribution is 5.73. The van der Waals surface area contributed by atoms with Crippen molar-refractivity contribution < 1.29 is 22.7 Å². The van der Waals surface area contributed by atoms with Crippen LogP contribution in [0, 0.1) is 5.92 Å². The number of hydrogen-bond acceptors (Lipinski definition) is 3. The summed E-state index contributed by atoms with van der Waals surface area (Å²) in [6.07, 6.45) is 2.50. The van der Waals surface area contributed by atoms with Crippen LogP contribution < -0.4 is 5.73 Å². The van der Waals surface area contributed by atoms with Gasteiger partial charge in [-0.3, -0.25) is 4.79 Å². The molecule has 2 N–H and O–H groups in total. The van der Waals surface area contributed by atoms with Gasteiger partial charge in [-0.2, -0.15) is 13.2 Å². The van der Waals surface area contributed by atoms with Crippen molar-refractivity contribution in [3.8, 4) is 0 Å². The molecule has 0 aliphatic carbocycles. The minimum Gasteiger partial charge on any atom is -0.469 e. The molecule has 2 atom stereocenters. The summed E-state index contributed by atoms with van der Waals surface area (Å²) in [6, 6.07) is -2.14. The lowest BCUT2D eigenvalue weighted by Crippen LogP contribution is -2.47. The van der Waals surface area contributed by atoms with Crippen molar-refractivity contribution in [2.45, 2.75) is 70.5 Å². The van der Waals surface area contributed by atoms with Crippen molar-refractivity contribution in [1.29, 1.82) is 0 Å². The summed E-state index contributed by atoms with van der Waals surface area (Å²) in [5.41, 5.74) is 5.13. The van der Waals surface area contributed by atoms with E-state index in [1.165, 1.54) is 6.42 Å². The zero-order valence-electron chi connectivity index (χ0n) is 12.3. The highest BCUT2D eigenvalue weighted by Gasteiger charge is 2.45. The average Bonchev–Trinajstić information content (AvgIpc) is 2.39. The topological polar surface area (TPSA) is 52.3 Å². The van der Waals surface area contributed by atoms with Gasteiger partial charge in [0.15, 0.2) is 0 Å². The maximum atomic E-state index is 12.6. The Kier molecular flexibility index (Phi) is 9.63. The van der Waals surface area contributed by atoms with Gasteiger partial charge in [0.25, 0.3) is 0 Å². The van der Waals surface area contributed by atoms with Crippen LogP contribution in [0.15, 0.2) is 0 Å². The molecule has 0 aromatic carbocycles. The monoisotopic (exact) mass is 297 g/mol. The van der Waals surface area contributed by atoms with Crippen LogP contribution in [0.3, 0.4) is 0 Å². The minimum absolute atomic E-state index is 0.126. The molecule has 0 saturated carbocycles. The van der Waals surface area contributed by atoms with Gasteiger partial charge >= 0.3 is 12.1 Å². The molecule has 20 heavy (non-hydrogen) atoms. The first-order chi connectivity index (χ1) is 9.34. The normalized spacial score (nSPS) is 14.9. The van der Waals surface area contributed by atoms with Gasteiger partial charge in [0, 0.05) is 0 Å². The number of ether oxygens (including phenoxy) is 1. The predicted octanol–water partition coefficient (Wildman–Crippen LogP) is 3.81. The van der Waals surface area contributed by atoms with E-state index in [2.05, 4.69) is 11.7 Å². The fourth-order valence-electron chi connectivity index (χ4n) is 2.14. The van der Waals surface area contributed by atoms with Crippen LogP contribution >= 0.6 is 0 Å². The van der Waals surface area contributed by atoms with Crippen LogP contribution in [0.5, 0.6) is 0 Å². The lowest BCUT2D eigenvalue weighted by Gasteiger charge is -2.23. The number of nitrogens with two attached hydrogens (primary N) is 1. The SMILES string of the molecule is CCCCCCCCC[C@H](C(=O)OC)[C@H](N)C(F)(F)F. The third-order valence-corrected chi connectivity index (χ3v) is 3.43. The van der Waals surface area contributed by atoms with Gasteiger partial charge in [0.2, 0.25) is 0 Å². The quantitative estimate of drug-likeness (QED) is 0.493. The third-order valence-electron chi connectivity index (χ3n) is 3.43. The summed E-state index contributed by atoms with van der Waals surface area (Å²) in [5, 5.41) is 0. The fraction of sp³-hybridized carbons (Fsp3) is 0.929. The van der Waals surface area contributed by atoms with Crippen LogP contribution in [-0.2, 0) is 9.53 Å². The van der Waals surface area contributed by atoms with E-state index in [0.29, 0.717) is 6.42 Å². The second kappa shape index (κ2) is 10.0. The molecule has 0 heterocycles. The number of carbonyl (C=O) groups excluding carboxylic acids is 1. The van der Waals surface area contributed by atoms with Crippen molar-refractivity contribution in [3.05, 3.63) is 0 Å². The van der Waals surface area contributed by atoms with Gasteiger partial charge in [-0.15, -0.1) is 0 Å². The zero-order chi connectivity index (χ0) is 15.6. The highest BCUT2D eigenvalue weighted by atomic mass is 19.4. The number of methoxy groups -OCH3 is 1. The van der Waals surface area contributed by atoms with E-state index in [-0.39, 0.29) is 6.42 Å². The van der Waals surface area contributed by atoms with E-state index < -0.39 is 24.1 Å². The molecule has 0 unspecified atom stereocenters. The maximum absolute atomic E-state index is 12.6. The molecular weight excluding hydrogens is 271 g/mol. The number of hydrogen-bond donors (Lipinski definition) is 1. The zero-order valence-corrected chi connectivity index (χ0v) is 12.3. The summed E-state index contributed by atoms with van der Waals surface area (Å²) < 4.78 is 42.2. The van der Waals surface area contributed by atoms with Gasteiger partial charge in [-0.25, -0.2) is 0 Å². The molecule has 0 aromatic rings. The molecule has 6 heteroatoms. The Labute approximate surface area is 119 Å². The molecule has 3 nitrogen and oxygen atoms in total. The van der Waals surface area contributed by atoms with Crippen molar-refractivity contribution >= 4 is 5.97 Å². The smallest absolute Gasteiger partial charge is 0.404 e. The second-order valence-electron chi connectivity index (χ2n) is 5.11. The van der Waals surface area contributed by atoms with E-state index in [1.807, 2.05) is 0 Å². The van der Waals surface area contributed by atoms with Crippen LogP contribution in [0.25, 0.3) is 0 Å². The van der Waals surface area contributed by atoms with Gasteiger partial charge in [0.1, 0.15) is 6.04 Å². The van der Waals surface area contributed by atoms with Gasteiger partial charge < -0.3 is 10.5 Å². The largest absolute Gasteiger partial charge is 0.469 e. The summed E-state index contributed by atoms with van der Waals surface area (Å²) >= 11 is 0. The van der Waals surface area contributed by atoms with Crippen LogP contribution in [-0.4, -0.2) is 25.3 Å². The van der Waals surface area contributed by atoms with E-state index in [0.717, 1.165) is 39.2 Å². The Morgan fingerprint density at radius 2 is 1.60 bits per heavy atom. The second-order valence-corrected chi connectivity index (χ2v) is 5.11. The van der Waals surface area contributed by atoms with E-state index in [1.54, 1.807) is 0 Å². The molecule has 0 saturated heterocycles. The summed E-state index contributed by atoms with van der Waals surface area (Å²) in [4.78, 5) is 11.4. The predicted molar refractivity (Wildman–Crippen MR) is 72.1 cm³/mol. The molecule has 0 aliphatic rings. The van der Waals surface area contributed by atoms with Gasteiger partial charge in [-0.1, -0.05) is 51.9 Å². The van der Waals surface area contributed by atoms with E-state index in [9.17, 15) is 18.0 Å². The molecule has 0 aromatic heterocycles. The minimum atomic E-state index is -4.57. The lowest BCUT2D eigenvalue weighted by atomic mass is 9.93. The Morgan fingerprint density at radius 1 is 1.10 bits per heavy atom. The summed E-state index contributed by atoms with van der Waals surface area (Å²) in [5.74, 6) is -2.17. The molecule has 0 radical (unpaired) electrons. The number of halogens is 3. The molecule has 0 bridgehead atoms. The van der Waals surface area contributed by atoms with Crippen molar-refractivity contribution in [3.63, 3.8) is 0 Å². The Hall–Kier alpha value is -0.780. The molecule has 120 valence electrons. The van der Waals surface area contributed by atoms with Gasteiger partial charge in [-0.05, 0) is 6.42 Å². The van der Waals surface area contributed by atoms with Crippen LogP contribution in [0.1, 0.15) is 58.3 Å². The van der Waals surface area contributed by atoms with Crippen LogP contribution in [0.2, 0.25) is 0 Å². The first-order valence-corrected chi connectivity index (χ1v) is 7.24. The van der Waals surface area contributed by atoms with Crippen molar-refractivity contribution in [2.75, 3.05) is 7.11 Å². The lowest BCUT2D eigenvalue weighted by molar-refractivity contribution is -0.175. The van der Waals surface area contributed by atoms with Crippen LogP contribution in [0.4, 0.5) is 13.2 Å². The standard InChI is InChI=1S/C14H26F3NO2/c1-3-4-5-6-7-8-9-10-11(13(19)20-2)12(18)14(15,16)17/h11-12H,3-10,18H2,1-2H3/t11-,12-/m0/s1. The van der Waals surface area contributed by atoms with Gasteiger partial charge in [0.05, 0.1) is 13.0 Å². The molecule has 0 rings (SSSR count). The van der Waals surface area contributed by atoms with E-state index in [4.69, 9.17) is 5.73 Å². The number of rotatable bonds is 10. The number of alkyl halides is 3. The number of carbonyl (C=O) groups is 1. The first-order valence-electron chi connectivity index (χ1n) is 7.24.